The zero-order valence-corrected chi connectivity index (χ0v) is 8.75. The van der Waals surface area contributed by atoms with Crippen molar-refractivity contribution in [1.82, 2.24) is 0 Å². The third-order valence-corrected chi connectivity index (χ3v) is 2.61. The number of aliphatic hydroxyl groups is 1. The maximum absolute atomic E-state index is 10.1. The number of hydrogen-bond donors (Lipinski definition) is 1. The normalized spacial score (nSPS) is 30.1. The molecular weight excluding hydrogens is 182 g/mol. The number of nitriles is 1. The third-order valence-electron chi connectivity index (χ3n) is 2.61. The maximum Gasteiger partial charge on any atom is 0.211 e. The molecule has 0 heterocycles. The van der Waals surface area contributed by atoms with Crippen LogP contribution in [0.4, 0.5) is 0 Å². The van der Waals surface area contributed by atoms with Gasteiger partial charge in [-0.25, -0.2) is 0 Å². The van der Waals surface area contributed by atoms with Crippen LogP contribution in [0.15, 0.2) is 0 Å². The quantitative estimate of drug-likeness (QED) is 0.545. The highest BCUT2D eigenvalue weighted by atomic mass is 16.7. The first-order chi connectivity index (χ1) is 6.64. The van der Waals surface area contributed by atoms with E-state index in [0.717, 1.165) is 6.42 Å². The van der Waals surface area contributed by atoms with Gasteiger partial charge in [-0.3, -0.25) is 0 Å². The molecule has 1 N–H and O–H groups in total. The van der Waals surface area contributed by atoms with Gasteiger partial charge in [-0.15, -0.1) is 0 Å². The molecule has 1 saturated carbocycles. The van der Waals surface area contributed by atoms with Crippen LogP contribution in [0.5, 0.6) is 0 Å². The lowest BCUT2D eigenvalue weighted by Gasteiger charge is -2.36. The molecule has 0 aliphatic heterocycles. The summed E-state index contributed by atoms with van der Waals surface area (Å²) in [6.07, 6.45) is 1.76. The monoisotopic (exact) mass is 199 g/mol. The first-order valence-corrected chi connectivity index (χ1v) is 5.05. The second kappa shape index (κ2) is 4.26. The van der Waals surface area contributed by atoms with Crippen molar-refractivity contribution >= 4 is 0 Å². The van der Waals surface area contributed by atoms with Crippen LogP contribution in [0.3, 0.4) is 0 Å². The van der Waals surface area contributed by atoms with Gasteiger partial charge in [-0.05, 0) is 26.7 Å². The fourth-order valence-corrected chi connectivity index (χ4v) is 2.01. The van der Waals surface area contributed by atoms with E-state index in [1.165, 1.54) is 0 Å². The summed E-state index contributed by atoms with van der Waals surface area (Å²) >= 11 is 0. The highest BCUT2D eigenvalue weighted by Crippen LogP contribution is 2.42. The van der Waals surface area contributed by atoms with Crippen molar-refractivity contribution in [3.05, 3.63) is 0 Å². The van der Waals surface area contributed by atoms with Crippen LogP contribution in [0, 0.1) is 11.3 Å². The van der Waals surface area contributed by atoms with Gasteiger partial charge in [0, 0.05) is 19.6 Å². The van der Waals surface area contributed by atoms with Crippen molar-refractivity contribution in [2.24, 2.45) is 0 Å². The molecule has 1 fully saturated rings. The Morgan fingerprint density at radius 1 is 1.29 bits per heavy atom. The van der Waals surface area contributed by atoms with Crippen LogP contribution in [-0.2, 0) is 9.47 Å². The Bertz CT molecular complexity index is 230. The molecule has 0 spiro atoms. The molecule has 80 valence electrons. The maximum atomic E-state index is 10.1. The molecule has 4 nitrogen and oxygen atoms in total. The lowest BCUT2D eigenvalue weighted by molar-refractivity contribution is -0.289. The van der Waals surface area contributed by atoms with Gasteiger partial charge in [0.05, 0.1) is 0 Å². The number of nitrogens with zero attached hydrogens (tertiary/aromatic N) is 1. The zero-order valence-electron chi connectivity index (χ0n) is 8.75. The summed E-state index contributed by atoms with van der Waals surface area (Å²) in [5.74, 6) is -1.11. The highest BCUT2D eigenvalue weighted by Gasteiger charge is 2.57. The molecule has 0 aromatic rings. The summed E-state index contributed by atoms with van der Waals surface area (Å²) in [7, 11) is 0. The predicted molar refractivity (Wildman–Crippen MR) is 50.4 cm³/mol. The topological polar surface area (TPSA) is 62.5 Å². The zero-order chi connectivity index (χ0) is 10.7. The second-order valence-corrected chi connectivity index (χ2v) is 3.44. The molecule has 1 atom stereocenters. The van der Waals surface area contributed by atoms with Crippen molar-refractivity contribution in [3.8, 4) is 6.07 Å². The van der Waals surface area contributed by atoms with Gasteiger partial charge in [0.2, 0.25) is 11.4 Å². The van der Waals surface area contributed by atoms with Crippen LogP contribution in [-0.4, -0.2) is 29.7 Å². The molecule has 1 aliphatic carbocycles. The molecule has 0 aromatic heterocycles. The lowest BCUT2D eigenvalue weighted by Crippen LogP contribution is -2.53. The summed E-state index contributed by atoms with van der Waals surface area (Å²) in [4.78, 5) is 0. The van der Waals surface area contributed by atoms with Crippen LogP contribution < -0.4 is 0 Å². The molecule has 0 amide bonds. The molecule has 1 rings (SSSR count). The molecule has 0 saturated heterocycles. The van der Waals surface area contributed by atoms with Crippen molar-refractivity contribution in [2.45, 2.75) is 44.5 Å². The van der Waals surface area contributed by atoms with E-state index in [1.54, 1.807) is 0 Å². The van der Waals surface area contributed by atoms with Crippen molar-refractivity contribution in [2.75, 3.05) is 13.2 Å². The van der Waals surface area contributed by atoms with Gasteiger partial charge in [-0.1, -0.05) is 0 Å². The van der Waals surface area contributed by atoms with E-state index < -0.39 is 11.4 Å². The largest absolute Gasteiger partial charge is 0.371 e. The van der Waals surface area contributed by atoms with E-state index in [1.807, 2.05) is 19.9 Å². The molecule has 4 heteroatoms. The van der Waals surface area contributed by atoms with E-state index in [9.17, 15) is 5.11 Å². The van der Waals surface area contributed by atoms with Crippen LogP contribution in [0.2, 0.25) is 0 Å². The fourth-order valence-electron chi connectivity index (χ4n) is 2.01. The lowest BCUT2D eigenvalue weighted by atomic mass is 9.98. The first-order valence-electron chi connectivity index (χ1n) is 5.05. The molecule has 1 aliphatic rings. The first kappa shape index (κ1) is 11.4. The highest BCUT2D eigenvalue weighted by molar-refractivity contribution is 5.14. The molecular formula is C10H17NO3. The Balaban J connectivity index is 2.90. The number of ether oxygens (including phenoxy) is 2. The van der Waals surface area contributed by atoms with E-state index >= 15 is 0 Å². The van der Waals surface area contributed by atoms with Gasteiger partial charge in [0.25, 0.3) is 0 Å². The third kappa shape index (κ3) is 1.63. The molecule has 14 heavy (non-hydrogen) atoms. The second-order valence-electron chi connectivity index (χ2n) is 3.44. The summed E-state index contributed by atoms with van der Waals surface area (Å²) in [6.45, 7) is 4.53. The average Bonchev–Trinajstić information content (AvgIpc) is 2.47. The van der Waals surface area contributed by atoms with Crippen LogP contribution in [0.25, 0.3) is 0 Å². The van der Waals surface area contributed by atoms with Gasteiger partial charge in [0.15, 0.2) is 0 Å². The summed E-state index contributed by atoms with van der Waals surface area (Å²) < 4.78 is 10.9. The minimum atomic E-state index is -1.49. The van der Waals surface area contributed by atoms with E-state index in [2.05, 4.69) is 0 Å². The van der Waals surface area contributed by atoms with Crippen molar-refractivity contribution in [1.29, 1.82) is 5.26 Å². The van der Waals surface area contributed by atoms with Gasteiger partial charge in [0.1, 0.15) is 6.07 Å². The molecule has 0 aromatic carbocycles. The fraction of sp³-hybridized carbons (Fsp3) is 0.900. The van der Waals surface area contributed by atoms with Crippen molar-refractivity contribution < 1.29 is 14.6 Å². The number of rotatable bonds is 4. The van der Waals surface area contributed by atoms with Crippen LogP contribution in [0.1, 0.15) is 33.1 Å². The standard InChI is InChI=1S/C10H17NO3/c1-3-13-10(14-4-2)7-5-6-9(10,12)8-11/h12H,3-7H2,1-2H3/t9-/m0/s1. The van der Waals surface area contributed by atoms with E-state index in [4.69, 9.17) is 14.7 Å². The minimum absolute atomic E-state index is 0.420. The van der Waals surface area contributed by atoms with Gasteiger partial charge < -0.3 is 14.6 Å². The van der Waals surface area contributed by atoms with E-state index in [-0.39, 0.29) is 0 Å². The summed E-state index contributed by atoms with van der Waals surface area (Å²) in [6, 6.07) is 1.91. The van der Waals surface area contributed by atoms with Gasteiger partial charge >= 0.3 is 0 Å². The van der Waals surface area contributed by atoms with Crippen molar-refractivity contribution in [3.63, 3.8) is 0 Å². The average molecular weight is 199 g/mol. The Morgan fingerprint density at radius 3 is 2.29 bits per heavy atom. The Kier molecular flexibility index (Phi) is 3.48. The minimum Gasteiger partial charge on any atom is -0.371 e. The number of hydrogen-bond acceptors (Lipinski definition) is 4. The molecule has 0 bridgehead atoms. The molecule has 0 radical (unpaired) electrons. The Morgan fingerprint density at radius 2 is 1.86 bits per heavy atom. The van der Waals surface area contributed by atoms with Gasteiger partial charge in [-0.2, -0.15) is 5.26 Å². The smallest absolute Gasteiger partial charge is 0.211 e. The Hall–Kier alpha value is -0.630. The van der Waals surface area contributed by atoms with Crippen LogP contribution >= 0.6 is 0 Å². The summed E-state index contributed by atoms with van der Waals surface area (Å²) in [5.41, 5.74) is -1.49. The molecule has 0 unspecified atom stereocenters. The Labute approximate surface area is 84.4 Å². The predicted octanol–water partition coefficient (Wildman–Crippen LogP) is 1.19. The SMILES string of the molecule is CCOC1(OCC)CCC[C@]1(O)C#N. The van der Waals surface area contributed by atoms with E-state index in [0.29, 0.717) is 26.1 Å². The summed E-state index contributed by atoms with van der Waals surface area (Å²) in [5, 5.41) is 19.0.